The van der Waals surface area contributed by atoms with Gasteiger partial charge in [0.1, 0.15) is 17.3 Å². The summed E-state index contributed by atoms with van der Waals surface area (Å²) >= 11 is 0. The molecule has 0 unspecified atom stereocenters. The molecular weight excluding hydrogens is 577 g/mol. The molecule has 208 valence electrons. The highest BCUT2D eigenvalue weighted by Gasteiger charge is 2.18. The smallest absolute Gasteiger partial charge is 0.294 e. The van der Waals surface area contributed by atoms with Crippen LogP contribution in [0.25, 0.3) is 21.5 Å². The molecular formula is C26H18FN5O7S2. The van der Waals surface area contributed by atoms with Gasteiger partial charge in [-0.2, -0.15) is 21.9 Å². The monoisotopic (exact) mass is 595 g/mol. The number of halogens is 1. The summed E-state index contributed by atoms with van der Waals surface area (Å²) in [5, 5.41) is 28.0. The summed E-state index contributed by atoms with van der Waals surface area (Å²) in [6.45, 7) is 0. The molecule has 0 atom stereocenters. The molecule has 0 heterocycles. The van der Waals surface area contributed by atoms with Crippen LogP contribution in [0.15, 0.2) is 109 Å². The van der Waals surface area contributed by atoms with Crippen molar-refractivity contribution in [1.29, 1.82) is 0 Å². The Kier molecular flexibility index (Phi) is 6.96. The second-order valence-electron chi connectivity index (χ2n) is 8.68. The van der Waals surface area contributed by atoms with Gasteiger partial charge in [0.25, 0.3) is 20.2 Å². The number of phenols is 1. The van der Waals surface area contributed by atoms with Crippen molar-refractivity contribution < 1.29 is 35.4 Å². The quantitative estimate of drug-likeness (QED) is 0.0936. The van der Waals surface area contributed by atoms with E-state index < -0.39 is 41.6 Å². The van der Waals surface area contributed by atoms with Gasteiger partial charge in [-0.25, -0.2) is 4.39 Å². The topological polar surface area (TPSA) is 204 Å². The van der Waals surface area contributed by atoms with E-state index in [-0.39, 0.29) is 33.2 Å². The summed E-state index contributed by atoms with van der Waals surface area (Å²) in [6.07, 6.45) is 0. The van der Waals surface area contributed by atoms with E-state index in [1.807, 2.05) is 0 Å². The fourth-order valence-corrected chi connectivity index (χ4v) is 5.07. The number of aromatic hydroxyl groups is 1. The highest BCUT2D eigenvalue weighted by atomic mass is 32.2. The summed E-state index contributed by atoms with van der Waals surface area (Å²) in [5.41, 5.74) is 6.90. The Morgan fingerprint density at radius 3 is 1.95 bits per heavy atom. The largest absolute Gasteiger partial charge is 0.507 e. The second-order valence-corrected chi connectivity index (χ2v) is 11.5. The number of azo groups is 2. The molecule has 0 fully saturated rings. The van der Waals surface area contributed by atoms with Gasteiger partial charge in [0.05, 0.1) is 37.9 Å². The first-order valence-electron chi connectivity index (χ1n) is 11.5. The van der Waals surface area contributed by atoms with E-state index in [1.165, 1.54) is 60.7 Å². The molecule has 41 heavy (non-hydrogen) atoms. The van der Waals surface area contributed by atoms with Crippen LogP contribution in [-0.4, -0.2) is 31.0 Å². The van der Waals surface area contributed by atoms with Gasteiger partial charge in [0, 0.05) is 16.8 Å². The van der Waals surface area contributed by atoms with Crippen LogP contribution in [0.5, 0.6) is 5.75 Å². The minimum Gasteiger partial charge on any atom is -0.507 e. The lowest BCUT2D eigenvalue weighted by molar-refractivity contribution is 0.471. The number of rotatable bonds is 6. The molecule has 0 aliphatic heterocycles. The summed E-state index contributed by atoms with van der Waals surface area (Å²) in [6, 6.07) is 16.8. The van der Waals surface area contributed by atoms with Gasteiger partial charge in [0.2, 0.25) is 0 Å². The van der Waals surface area contributed by atoms with Gasteiger partial charge in [-0.05, 0) is 66.0 Å². The minimum atomic E-state index is -4.61. The van der Waals surface area contributed by atoms with Crippen molar-refractivity contribution in [2.75, 3.05) is 5.73 Å². The van der Waals surface area contributed by atoms with E-state index in [9.17, 15) is 35.4 Å². The minimum absolute atomic E-state index is 0.0268. The Labute approximate surface area is 231 Å². The van der Waals surface area contributed by atoms with Crippen LogP contribution in [0.4, 0.5) is 32.8 Å². The van der Waals surface area contributed by atoms with Crippen molar-refractivity contribution in [2.24, 2.45) is 20.5 Å². The first-order valence-corrected chi connectivity index (χ1v) is 14.4. The number of fused-ring (bicyclic) bond motifs is 2. The zero-order chi connectivity index (χ0) is 29.5. The van der Waals surface area contributed by atoms with E-state index in [0.717, 1.165) is 18.2 Å². The van der Waals surface area contributed by atoms with Gasteiger partial charge in [-0.1, -0.05) is 12.1 Å². The average molecular weight is 596 g/mol. The first-order chi connectivity index (χ1) is 19.3. The first kappa shape index (κ1) is 27.7. The van der Waals surface area contributed by atoms with Crippen LogP contribution < -0.4 is 5.73 Å². The van der Waals surface area contributed by atoms with E-state index in [4.69, 9.17) is 5.73 Å². The molecule has 0 amide bonds. The molecule has 12 nitrogen and oxygen atoms in total. The zero-order valence-electron chi connectivity index (χ0n) is 20.5. The number of hydrogen-bond acceptors (Lipinski definition) is 10. The number of anilines is 1. The molecule has 0 bridgehead atoms. The summed E-state index contributed by atoms with van der Waals surface area (Å²) in [5.74, 6) is -0.979. The highest BCUT2D eigenvalue weighted by molar-refractivity contribution is 7.86. The Morgan fingerprint density at radius 1 is 0.659 bits per heavy atom. The van der Waals surface area contributed by atoms with Crippen molar-refractivity contribution in [1.82, 2.24) is 0 Å². The van der Waals surface area contributed by atoms with Gasteiger partial charge in [-0.15, -0.1) is 15.3 Å². The van der Waals surface area contributed by atoms with Crippen molar-refractivity contribution in [3.05, 3.63) is 84.7 Å². The molecule has 5 rings (SSSR count). The van der Waals surface area contributed by atoms with E-state index >= 15 is 0 Å². The normalized spacial score (nSPS) is 12.7. The molecule has 5 aromatic rings. The van der Waals surface area contributed by atoms with Crippen LogP contribution in [0.1, 0.15) is 0 Å². The maximum Gasteiger partial charge on any atom is 0.294 e. The highest BCUT2D eigenvalue weighted by Crippen LogP contribution is 2.42. The zero-order valence-corrected chi connectivity index (χ0v) is 22.2. The standard InChI is InChI=1S/C26H18FN5O7S2/c27-15-2-4-16(5-3-15)29-30-22-9-10-23(20-12-17(40(34,35)36)6-7-19(20)22)31-32-26-21(28)8-1-14-11-18(41(37,38)39)13-24(33)25(14)26/h1-13,33H,28H2,(H,34,35,36)(H,37,38,39). The van der Waals surface area contributed by atoms with Crippen molar-refractivity contribution >= 4 is 70.2 Å². The Balaban J connectivity index is 1.66. The molecule has 0 spiro atoms. The number of nitrogens with two attached hydrogens (primary N) is 1. The third-order valence-electron chi connectivity index (χ3n) is 5.97. The van der Waals surface area contributed by atoms with Crippen LogP contribution in [0.3, 0.4) is 0 Å². The fourth-order valence-electron chi connectivity index (χ4n) is 4.03. The molecule has 0 saturated carbocycles. The Morgan fingerprint density at radius 2 is 1.29 bits per heavy atom. The summed E-state index contributed by atoms with van der Waals surface area (Å²) in [4.78, 5) is -0.960. The number of phenolic OH excluding ortho intramolecular Hbond substituents is 1. The van der Waals surface area contributed by atoms with Crippen molar-refractivity contribution in [2.45, 2.75) is 9.79 Å². The molecule has 0 aliphatic carbocycles. The lowest BCUT2D eigenvalue weighted by Gasteiger charge is -2.09. The van der Waals surface area contributed by atoms with Gasteiger partial charge >= 0.3 is 0 Å². The number of hydrogen-bond donors (Lipinski definition) is 4. The third-order valence-corrected chi connectivity index (χ3v) is 7.65. The van der Waals surface area contributed by atoms with E-state index in [0.29, 0.717) is 16.8 Å². The van der Waals surface area contributed by atoms with E-state index in [2.05, 4.69) is 20.5 Å². The molecule has 0 aromatic heterocycles. The lowest BCUT2D eigenvalue weighted by atomic mass is 10.1. The Hall–Kier alpha value is -4.83. The molecule has 15 heteroatoms. The molecule has 5 N–H and O–H groups in total. The molecule has 5 aromatic carbocycles. The molecule has 0 aliphatic rings. The number of nitrogens with zero attached hydrogens (tertiary/aromatic N) is 4. The van der Waals surface area contributed by atoms with Gasteiger partial charge < -0.3 is 10.8 Å². The van der Waals surface area contributed by atoms with Crippen LogP contribution in [0.2, 0.25) is 0 Å². The average Bonchev–Trinajstić information content (AvgIpc) is 2.91. The van der Waals surface area contributed by atoms with E-state index in [1.54, 1.807) is 0 Å². The van der Waals surface area contributed by atoms with Crippen LogP contribution >= 0.6 is 0 Å². The van der Waals surface area contributed by atoms with Crippen LogP contribution in [0, 0.1) is 5.82 Å². The predicted molar refractivity (Wildman–Crippen MR) is 148 cm³/mol. The number of nitrogen functional groups attached to an aromatic ring is 1. The summed E-state index contributed by atoms with van der Waals surface area (Å²) in [7, 11) is -9.20. The molecule has 0 saturated heterocycles. The predicted octanol–water partition coefficient (Wildman–Crippen LogP) is 6.74. The fraction of sp³-hybridized carbons (Fsp3) is 0. The van der Waals surface area contributed by atoms with Crippen molar-refractivity contribution in [3.8, 4) is 5.75 Å². The molecule has 0 radical (unpaired) electrons. The van der Waals surface area contributed by atoms with Crippen LogP contribution in [-0.2, 0) is 20.2 Å². The second kappa shape index (κ2) is 10.3. The maximum absolute atomic E-state index is 13.2. The third kappa shape index (κ3) is 5.73. The van der Waals surface area contributed by atoms with Gasteiger partial charge in [-0.3, -0.25) is 9.11 Å². The number of benzene rings is 5. The maximum atomic E-state index is 13.2. The summed E-state index contributed by atoms with van der Waals surface area (Å²) < 4.78 is 79.0. The van der Waals surface area contributed by atoms with Gasteiger partial charge in [0.15, 0.2) is 0 Å². The Bertz CT molecular complexity index is 2130. The lowest BCUT2D eigenvalue weighted by Crippen LogP contribution is -1.98. The van der Waals surface area contributed by atoms with Crippen molar-refractivity contribution in [3.63, 3.8) is 0 Å². The SMILES string of the molecule is Nc1ccc2cc(S(=O)(=O)O)cc(O)c2c1N=Nc1ccc(N=Nc2ccc(F)cc2)c2ccc(S(=O)(=O)O)cc12.